The second-order valence-electron chi connectivity index (χ2n) is 11.0. The molecule has 2 aliphatic rings. The van der Waals surface area contributed by atoms with Crippen molar-refractivity contribution in [2.24, 2.45) is 0 Å². The van der Waals surface area contributed by atoms with E-state index >= 15 is 0 Å². The van der Waals surface area contributed by atoms with E-state index in [9.17, 15) is 14.4 Å². The van der Waals surface area contributed by atoms with Crippen molar-refractivity contribution in [2.75, 3.05) is 33.4 Å². The minimum Gasteiger partial charge on any atom is -0.466 e. The van der Waals surface area contributed by atoms with Gasteiger partial charge in [-0.25, -0.2) is 9.59 Å². The van der Waals surface area contributed by atoms with Gasteiger partial charge >= 0.3 is 11.9 Å². The molecule has 0 amide bonds. The van der Waals surface area contributed by atoms with Gasteiger partial charge in [0.1, 0.15) is 0 Å². The van der Waals surface area contributed by atoms with E-state index in [2.05, 4.69) is 70.0 Å². The van der Waals surface area contributed by atoms with Crippen LogP contribution in [0.2, 0.25) is 0 Å². The van der Waals surface area contributed by atoms with Gasteiger partial charge in [0.25, 0.3) is 0 Å². The lowest BCUT2D eigenvalue weighted by molar-refractivity contribution is -0.140. The topological polar surface area (TPSA) is 97.0 Å². The van der Waals surface area contributed by atoms with Crippen molar-refractivity contribution in [2.45, 2.75) is 31.3 Å². The number of hydrogen-bond acceptors (Lipinski definition) is 8. The van der Waals surface area contributed by atoms with E-state index in [0.717, 1.165) is 19.6 Å². The van der Waals surface area contributed by atoms with Crippen LogP contribution < -0.4 is 10.6 Å². The number of ether oxygens (including phenoxy) is 2. The number of piperazine rings is 1. The van der Waals surface area contributed by atoms with Crippen LogP contribution in [0.4, 0.5) is 0 Å². The number of benzene rings is 3. The first-order valence-corrected chi connectivity index (χ1v) is 15.0. The fourth-order valence-electron chi connectivity index (χ4n) is 6.29. The Bertz CT molecular complexity index is 1600. The number of methoxy groups -OCH3 is 1. The van der Waals surface area contributed by atoms with Crippen molar-refractivity contribution in [3.8, 4) is 12.3 Å². The van der Waals surface area contributed by atoms with Crippen molar-refractivity contribution in [1.29, 1.82) is 0 Å². The molecule has 2 atom stereocenters. The highest BCUT2D eigenvalue weighted by molar-refractivity contribution is 6.03. The van der Waals surface area contributed by atoms with Crippen LogP contribution in [0.5, 0.6) is 0 Å². The molecule has 8 heteroatoms. The number of nitrogens with one attached hydrogen (secondary N) is 2. The number of nitrogens with zero attached hydrogens (tertiary/aromatic N) is 1. The summed E-state index contributed by atoms with van der Waals surface area (Å²) in [6.45, 7) is 4.27. The van der Waals surface area contributed by atoms with Crippen LogP contribution >= 0.6 is 0 Å². The van der Waals surface area contributed by atoms with E-state index in [0.29, 0.717) is 29.5 Å². The molecule has 0 aromatic heterocycles. The van der Waals surface area contributed by atoms with E-state index < -0.39 is 17.9 Å². The average Bonchev–Trinajstić information content (AvgIpc) is 3.09. The summed E-state index contributed by atoms with van der Waals surface area (Å²) in [4.78, 5) is 41.4. The molecule has 230 valence electrons. The second-order valence-corrected chi connectivity index (χ2v) is 11.0. The zero-order valence-electron chi connectivity index (χ0n) is 25.5. The predicted octanol–water partition coefficient (Wildman–Crippen LogP) is 4.25. The van der Waals surface area contributed by atoms with Crippen molar-refractivity contribution in [1.82, 2.24) is 15.5 Å². The minimum absolute atomic E-state index is 0.0236. The molecule has 1 fully saturated rings. The highest BCUT2D eigenvalue weighted by Crippen LogP contribution is 2.39. The molecular weight excluding hydrogens is 566 g/mol. The number of aldehydes is 1. The van der Waals surface area contributed by atoms with Gasteiger partial charge in [-0.2, -0.15) is 0 Å². The molecule has 2 unspecified atom stereocenters. The minimum atomic E-state index is -0.909. The molecule has 3 aromatic carbocycles. The van der Waals surface area contributed by atoms with Crippen LogP contribution in [0.15, 0.2) is 107 Å². The van der Waals surface area contributed by atoms with E-state index in [1.54, 1.807) is 31.2 Å². The standard InChI is InChI=1S/C37H37N3O5/c1-4-26-12-11-17-29(22-26)33-32(25(2)39-31(24-41)34(33)36(42)44-3)37(43)45-21-18-30-23-38-19-20-40(30)35(27-13-7-5-8-14-27)28-15-9-6-10-16-28/h1,5-17,22,24,30,33,35,38-39H,18-21,23H2,2-3H3. The normalized spacial score (nSPS) is 18.6. The summed E-state index contributed by atoms with van der Waals surface area (Å²) in [5, 5.41) is 6.42. The first-order chi connectivity index (χ1) is 22.0. The number of hydrogen-bond donors (Lipinski definition) is 2. The number of carbonyl (C=O) groups is 3. The Balaban J connectivity index is 1.39. The summed E-state index contributed by atoms with van der Waals surface area (Å²) < 4.78 is 11.0. The molecule has 1 saturated heterocycles. The van der Waals surface area contributed by atoms with Crippen LogP contribution in [0.25, 0.3) is 0 Å². The van der Waals surface area contributed by atoms with Crippen LogP contribution in [0, 0.1) is 12.3 Å². The van der Waals surface area contributed by atoms with E-state index in [1.807, 2.05) is 12.1 Å². The molecule has 0 spiro atoms. The van der Waals surface area contributed by atoms with Crippen molar-refractivity contribution in [3.63, 3.8) is 0 Å². The number of allylic oxidation sites excluding steroid dienone is 2. The largest absolute Gasteiger partial charge is 0.466 e. The highest BCUT2D eigenvalue weighted by atomic mass is 16.5. The predicted molar refractivity (Wildman–Crippen MR) is 172 cm³/mol. The lowest BCUT2D eigenvalue weighted by Crippen LogP contribution is -2.53. The van der Waals surface area contributed by atoms with Crippen molar-refractivity contribution in [3.05, 3.63) is 130 Å². The summed E-state index contributed by atoms with van der Waals surface area (Å²) >= 11 is 0. The maximum absolute atomic E-state index is 13.8. The zero-order chi connectivity index (χ0) is 31.8. The van der Waals surface area contributed by atoms with Gasteiger partial charge in [-0.05, 0) is 42.2 Å². The molecule has 0 saturated carbocycles. The van der Waals surface area contributed by atoms with Gasteiger partial charge in [0.15, 0.2) is 6.29 Å². The Morgan fingerprint density at radius 2 is 1.69 bits per heavy atom. The van der Waals surface area contributed by atoms with Gasteiger partial charge in [0.2, 0.25) is 0 Å². The number of terminal acetylenes is 1. The quantitative estimate of drug-likeness (QED) is 0.202. The molecule has 45 heavy (non-hydrogen) atoms. The third-order valence-corrected chi connectivity index (χ3v) is 8.37. The number of rotatable bonds is 10. The molecule has 5 rings (SSSR count). The number of esters is 2. The van der Waals surface area contributed by atoms with Gasteiger partial charge in [-0.3, -0.25) is 9.69 Å². The molecule has 0 radical (unpaired) electrons. The Hall–Kier alpha value is -4.97. The maximum Gasteiger partial charge on any atom is 0.336 e. The van der Waals surface area contributed by atoms with Gasteiger partial charge in [-0.15, -0.1) is 6.42 Å². The Labute approximate surface area is 264 Å². The molecule has 2 N–H and O–H groups in total. The average molecular weight is 604 g/mol. The van der Waals surface area contributed by atoms with Gasteiger partial charge in [-0.1, -0.05) is 78.7 Å². The Morgan fingerprint density at radius 3 is 2.31 bits per heavy atom. The molecule has 0 bridgehead atoms. The fraction of sp³-hybridized carbons (Fsp3) is 0.270. The van der Waals surface area contributed by atoms with Crippen molar-refractivity contribution >= 4 is 18.2 Å². The zero-order valence-corrected chi connectivity index (χ0v) is 25.5. The fourth-order valence-corrected chi connectivity index (χ4v) is 6.29. The number of dihydropyridines is 1. The molecule has 2 aliphatic heterocycles. The molecule has 3 aromatic rings. The van der Waals surface area contributed by atoms with Crippen LogP contribution in [0.3, 0.4) is 0 Å². The lowest BCUT2D eigenvalue weighted by atomic mass is 9.80. The van der Waals surface area contributed by atoms with Crippen LogP contribution in [0.1, 0.15) is 47.6 Å². The maximum atomic E-state index is 13.8. The molecule has 8 nitrogen and oxygen atoms in total. The summed E-state index contributed by atoms with van der Waals surface area (Å²) in [5.41, 5.74) is 4.25. The van der Waals surface area contributed by atoms with E-state index in [1.165, 1.54) is 18.2 Å². The van der Waals surface area contributed by atoms with Crippen molar-refractivity contribution < 1.29 is 23.9 Å². The highest BCUT2D eigenvalue weighted by Gasteiger charge is 2.39. The van der Waals surface area contributed by atoms with E-state index in [4.69, 9.17) is 15.9 Å². The van der Waals surface area contributed by atoms with E-state index in [-0.39, 0.29) is 35.5 Å². The summed E-state index contributed by atoms with van der Waals surface area (Å²) in [5.74, 6) is 0.373. The number of carbonyl (C=O) groups excluding carboxylic acids is 3. The monoisotopic (exact) mass is 603 g/mol. The van der Waals surface area contributed by atoms with Crippen LogP contribution in [-0.2, 0) is 23.9 Å². The summed E-state index contributed by atoms with van der Waals surface area (Å²) in [6.07, 6.45) is 6.79. The summed E-state index contributed by atoms with van der Waals surface area (Å²) in [7, 11) is 1.23. The first kappa shape index (κ1) is 31.5. The SMILES string of the molecule is C#Cc1cccc(C2C(C(=O)OCCC3CNCCN3C(c3ccccc3)c3ccccc3)=C(C)NC(C=O)=C2C(=O)OC)c1. The Kier molecular flexibility index (Phi) is 10.3. The van der Waals surface area contributed by atoms with Gasteiger partial charge < -0.3 is 20.1 Å². The molecule has 0 aliphatic carbocycles. The third-order valence-electron chi connectivity index (χ3n) is 8.37. The lowest BCUT2D eigenvalue weighted by Gasteiger charge is -2.42. The smallest absolute Gasteiger partial charge is 0.336 e. The van der Waals surface area contributed by atoms with Crippen LogP contribution in [-0.4, -0.2) is 62.5 Å². The van der Waals surface area contributed by atoms with Gasteiger partial charge in [0, 0.05) is 36.9 Å². The Morgan fingerprint density at radius 1 is 1.00 bits per heavy atom. The summed E-state index contributed by atoms with van der Waals surface area (Å²) in [6, 6.07) is 28.0. The molecule has 2 heterocycles. The molecular formula is C37H37N3O5. The van der Waals surface area contributed by atoms with Gasteiger partial charge in [0.05, 0.1) is 42.5 Å². The second kappa shape index (κ2) is 14.7. The first-order valence-electron chi connectivity index (χ1n) is 15.0. The third kappa shape index (κ3) is 6.91.